The maximum Gasteiger partial charge on any atom is 0.345 e. The Bertz CT molecular complexity index is 473. The molecule has 0 aromatic carbocycles. The van der Waals surface area contributed by atoms with Gasteiger partial charge in [0.25, 0.3) is 0 Å². The molecule has 0 radical (unpaired) electrons. The van der Waals surface area contributed by atoms with E-state index >= 15 is 0 Å². The number of ether oxygens (including phenoxy) is 1. The van der Waals surface area contributed by atoms with E-state index in [2.05, 4.69) is 4.98 Å². The predicted molar refractivity (Wildman–Crippen MR) is 59.0 cm³/mol. The van der Waals surface area contributed by atoms with Crippen LogP contribution in [0.1, 0.15) is 29.6 Å². The molecule has 1 saturated carbocycles. The third-order valence-electron chi connectivity index (χ3n) is 2.59. The summed E-state index contributed by atoms with van der Waals surface area (Å²) >= 11 is 5.61. The number of rotatable bonds is 3. The van der Waals surface area contributed by atoms with E-state index in [1.807, 2.05) is 0 Å². The summed E-state index contributed by atoms with van der Waals surface area (Å²) in [6.07, 6.45) is 3.45. The van der Waals surface area contributed by atoms with Crippen LogP contribution in [0, 0.1) is 10.1 Å². The van der Waals surface area contributed by atoms with Gasteiger partial charge in [-0.2, -0.15) is 0 Å². The molecule has 0 atom stereocenters. The number of esters is 1. The SMILES string of the molecule is O=C(OC1CCC1)c1cc(Cl)ncc1[N+](=O)[O-]. The molecule has 0 saturated heterocycles. The van der Waals surface area contributed by atoms with Gasteiger partial charge in [-0.15, -0.1) is 0 Å². The number of nitro groups is 1. The zero-order chi connectivity index (χ0) is 12.4. The Balaban J connectivity index is 2.25. The molecule has 1 heterocycles. The smallest absolute Gasteiger partial charge is 0.345 e. The molecule has 0 N–H and O–H groups in total. The molecule has 0 spiro atoms. The minimum absolute atomic E-state index is 0.0242. The van der Waals surface area contributed by atoms with E-state index in [4.69, 9.17) is 16.3 Å². The molecule has 1 aliphatic carbocycles. The van der Waals surface area contributed by atoms with E-state index in [-0.39, 0.29) is 16.8 Å². The molecular formula is C10H9ClN2O4. The lowest BCUT2D eigenvalue weighted by molar-refractivity contribution is -0.385. The van der Waals surface area contributed by atoms with Crippen LogP contribution in [0.5, 0.6) is 0 Å². The summed E-state index contributed by atoms with van der Waals surface area (Å²) < 4.78 is 5.09. The third-order valence-corrected chi connectivity index (χ3v) is 2.80. The number of nitrogens with zero attached hydrogens (tertiary/aromatic N) is 2. The Kier molecular flexibility index (Phi) is 3.23. The maximum atomic E-state index is 11.7. The Labute approximate surface area is 102 Å². The summed E-state index contributed by atoms with van der Waals surface area (Å²) in [6.45, 7) is 0. The number of carbonyl (C=O) groups excluding carboxylic acids is 1. The van der Waals surface area contributed by atoms with Crippen molar-refractivity contribution in [2.45, 2.75) is 25.4 Å². The van der Waals surface area contributed by atoms with E-state index in [0.29, 0.717) is 0 Å². The van der Waals surface area contributed by atoms with Crippen molar-refractivity contribution in [1.82, 2.24) is 4.98 Å². The van der Waals surface area contributed by atoms with Gasteiger partial charge in [0.05, 0.1) is 4.92 Å². The zero-order valence-corrected chi connectivity index (χ0v) is 9.51. The molecule has 17 heavy (non-hydrogen) atoms. The van der Waals surface area contributed by atoms with Crippen LogP contribution < -0.4 is 0 Å². The first-order valence-corrected chi connectivity index (χ1v) is 5.46. The van der Waals surface area contributed by atoms with Gasteiger partial charge in [0, 0.05) is 0 Å². The quantitative estimate of drug-likeness (QED) is 0.359. The molecule has 2 rings (SSSR count). The average molecular weight is 257 g/mol. The van der Waals surface area contributed by atoms with Crippen molar-refractivity contribution in [3.05, 3.63) is 33.1 Å². The van der Waals surface area contributed by atoms with Crippen molar-refractivity contribution in [3.63, 3.8) is 0 Å². The van der Waals surface area contributed by atoms with E-state index in [1.54, 1.807) is 0 Å². The summed E-state index contributed by atoms with van der Waals surface area (Å²) in [6, 6.07) is 1.15. The Hall–Kier alpha value is -1.69. The molecule has 1 fully saturated rings. The Morgan fingerprint density at radius 3 is 2.82 bits per heavy atom. The second-order valence-electron chi connectivity index (χ2n) is 3.74. The van der Waals surface area contributed by atoms with Gasteiger partial charge in [0.2, 0.25) is 0 Å². The van der Waals surface area contributed by atoms with Gasteiger partial charge >= 0.3 is 11.7 Å². The minimum atomic E-state index is -0.717. The van der Waals surface area contributed by atoms with E-state index in [1.165, 1.54) is 0 Å². The zero-order valence-electron chi connectivity index (χ0n) is 8.76. The van der Waals surface area contributed by atoms with Crippen molar-refractivity contribution < 1.29 is 14.5 Å². The summed E-state index contributed by atoms with van der Waals surface area (Å²) in [5.41, 5.74) is -0.541. The summed E-state index contributed by atoms with van der Waals surface area (Å²) in [7, 11) is 0. The molecular weight excluding hydrogens is 248 g/mol. The molecule has 6 nitrogen and oxygen atoms in total. The molecule has 1 aromatic rings. The monoisotopic (exact) mass is 256 g/mol. The van der Waals surface area contributed by atoms with Crippen molar-refractivity contribution in [2.75, 3.05) is 0 Å². The van der Waals surface area contributed by atoms with Crippen molar-refractivity contribution >= 4 is 23.3 Å². The van der Waals surface area contributed by atoms with Crippen LogP contribution in [0.25, 0.3) is 0 Å². The lowest BCUT2D eigenvalue weighted by Gasteiger charge is -2.24. The standard InChI is InChI=1S/C10H9ClN2O4/c11-9-4-7(8(5-12-9)13(15)16)10(14)17-6-2-1-3-6/h4-6H,1-3H2. The van der Waals surface area contributed by atoms with Gasteiger partial charge in [0.1, 0.15) is 23.0 Å². The minimum Gasteiger partial charge on any atom is -0.459 e. The molecule has 0 unspecified atom stereocenters. The van der Waals surface area contributed by atoms with E-state index in [9.17, 15) is 14.9 Å². The van der Waals surface area contributed by atoms with Crippen LogP contribution >= 0.6 is 11.6 Å². The van der Waals surface area contributed by atoms with Crippen molar-refractivity contribution in [3.8, 4) is 0 Å². The molecule has 7 heteroatoms. The second kappa shape index (κ2) is 4.67. The highest BCUT2D eigenvalue weighted by Crippen LogP contribution is 2.26. The van der Waals surface area contributed by atoms with Crippen LogP contribution in [0.3, 0.4) is 0 Å². The number of halogens is 1. The lowest BCUT2D eigenvalue weighted by Crippen LogP contribution is -2.25. The van der Waals surface area contributed by atoms with Gasteiger partial charge in [-0.25, -0.2) is 9.78 Å². The van der Waals surface area contributed by atoms with Gasteiger partial charge in [-0.05, 0) is 25.3 Å². The molecule has 0 amide bonds. The molecule has 90 valence electrons. The number of aromatic nitrogens is 1. The molecule has 0 aliphatic heterocycles. The van der Waals surface area contributed by atoms with Gasteiger partial charge in [-0.3, -0.25) is 10.1 Å². The fraction of sp³-hybridized carbons (Fsp3) is 0.400. The molecule has 1 aromatic heterocycles. The van der Waals surface area contributed by atoms with Crippen LogP contribution in [0.15, 0.2) is 12.3 Å². The van der Waals surface area contributed by atoms with Gasteiger partial charge in [-0.1, -0.05) is 11.6 Å². The predicted octanol–water partition coefficient (Wildman–Crippen LogP) is 2.35. The highest BCUT2D eigenvalue weighted by Gasteiger charge is 2.27. The maximum absolute atomic E-state index is 11.7. The lowest BCUT2D eigenvalue weighted by atomic mass is 9.96. The third kappa shape index (κ3) is 2.52. The highest BCUT2D eigenvalue weighted by atomic mass is 35.5. The summed E-state index contributed by atoms with van der Waals surface area (Å²) in [5.74, 6) is -0.717. The fourth-order valence-corrected chi connectivity index (χ4v) is 1.59. The Morgan fingerprint density at radius 1 is 1.59 bits per heavy atom. The van der Waals surface area contributed by atoms with Crippen LogP contribution in [0.4, 0.5) is 5.69 Å². The largest absolute Gasteiger partial charge is 0.459 e. The van der Waals surface area contributed by atoms with Crippen LogP contribution in [-0.4, -0.2) is 22.0 Å². The number of pyridine rings is 1. The van der Waals surface area contributed by atoms with Gasteiger partial charge < -0.3 is 4.74 Å². The highest BCUT2D eigenvalue weighted by molar-refractivity contribution is 6.29. The first-order chi connectivity index (χ1) is 8.08. The summed E-state index contributed by atoms with van der Waals surface area (Å²) in [4.78, 5) is 25.3. The van der Waals surface area contributed by atoms with E-state index in [0.717, 1.165) is 31.5 Å². The average Bonchev–Trinajstić information content (AvgIpc) is 2.22. The fourth-order valence-electron chi connectivity index (χ4n) is 1.44. The van der Waals surface area contributed by atoms with Crippen LogP contribution in [0.2, 0.25) is 5.15 Å². The molecule has 1 aliphatic rings. The van der Waals surface area contributed by atoms with Crippen molar-refractivity contribution in [1.29, 1.82) is 0 Å². The Morgan fingerprint density at radius 2 is 2.29 bits per heavy atom. The van der Waals surface area contributed by atoms with Crippen molar-refractivity contribution in [2.24, 2.45) is 0 Å². The normalized spacial score (nSPS) is 15.1. The molecule has 0 bridgehead atoms. The first kappa shape index (κ1) is 11.8. The van der Waals surface area contributed by atoms with Gasteiger partial charge in [0.15, 0.2) is 0 Å². The number of hydrogen-bond donors (Lipinski definition) is 0. The van der Waals surface area contributed by atoms with E-state index < -0.39 is 16.6 Å². The number of carbonyl (C=O) groups is 1. The first-order valence-electron chi connectivity index (χ1n) is 5.09. The topological polar surface area (TPSA) is 82.3 Å². The second-order valence-corrected chi connectivity index (χ2v) is 4.13. The number of hydrogen-bond acceptors (Lipinski definition) is 5. The summed E-state index contributed by atoms with van der Waals surface area (Å²) in [5, 5.41) is 10.7. The van der Waals surface area contributed by atoms with Crippen LogP contribution in [-0.2, 0) is 4.74 Å².